The highest BCUT2D eigenvalue weighted by Crippen LogP contribution is 2.56. The van der Waals surface area contributed by atoms with Gasteiger partial charge in [-0.2, -0.15) is 0 Å². The summed E-state index contributed by atoms with van der Waals surface area (Å²) in [6.45, 7) is 0. The molecule has 0 amide bonds. The molecule has 8 aromatic carbocycles. The minimum atomic E-state index is -2.65. The standard InChI is InChI=1S/C49H31NO2/c1-2-14-32(15-3-1)49(41-22-8-4-18-36(41)37-19-5-9-23-42(37)49)33-16-12-17-34(30-33)50(35-28-29-39-38-20-6-10-25-44(38)52-47(39)31-35)43-24-13-27-46-48(43)40-21-7-11-26-45(40)51-46/h1-31H/i1D,2D,3D,4D,5D,8D,9D,12D,14D,15D,16D,17D,18D,22D,23D. The maximum absolute atomic E-state index is 9.82. The Morgan fingerprint density at radius 3 is 2.00 bits per heavy atom. The van der Waals surface area contributed by atoms with E-state index in [1.165, 1.54) is 6.07 Å². The van der Waals surface area contributed by atoms with Crippen LogP contribution in [-0.4, -0.2) is 0 Å². The van der Waals surface area contributed by atoms with E-state index < -0.39 is 113 Å². The third kappa shape index (κ3) is 4.02. The van der Waals surface area contributed by atoms with Crippen molar-refractivity contribution in [3.05, 3.63) is 210 Å². The van der Waals surface area contributed by atoms with Crippen molar-refractivity contribution >= 4 is 60.9 Å². The molecule has 0 bridgehead atoms. The highest BCUT2D eigenvalue weighted by atomic mass is 16.3. The molecule has 52 heavy (non-hydrogen) atoms. The number of furan rings is 2. The van der Waals surface area contributed by atoms with Crippen LogP contribution >= 0.6 is 0 Å². The van der Waals surface area contributed by atoms with Crippen molar-refractivity contribution in [1.82, 2.24) is 0 Å². The Labute approximate surface area is 321 Å². The summed E-state index contributed by atoms with van der Waals surface area (Å²) < 4.78 is 151. The number of rotatable bonds is 5. The molecule has 1 unspecified atom stereocenters. The molecule has 1 atom stereocenters. The molecule has 0 fully saturated rings. The summed E-state index contributed by atoms with van der Waals surface area (Å²) in [6.07, 6.45) is 0. The first-order valence-electron chi connectivity index (χ1n) is 24.0. The lowest BCUT2D eigenvalue weighted by molar-refractivity contribution is 0.669. The molecule has 244 valence electrons. The van der Waals surface area contributed by atoms with Gasteiger partial charge >= 0.3 is 0 Å². The summed E-state index contributed by atoms with van der Waals surface area (Å²) >= 11 is 0. The van der Waals surface area contributed by atoms with Crippen LogP contribution in [-0.2, 0) is 5.41 Å². The maximum Gasteiger partial charge on any atom is 0.137 e. The average molecular weight is 681 g/mol. The second-order valence-corrected chi connectivity index (χ2v) is 12.5. The molecule has 10 aromatic rings. The van der Waals surface area contributed by atoms with E-state index in [1.54, 1.807) is 41.3 Å². The zero-order valence-corrected chi connectivity index (χ0v) is 27.0. The van der Waals surface area contributed by atoms with Crippen LogP contribution in [0.15, 0.2) is 197 Å². The Kier molecular flexibility index (Phi) is 3.81. The first kappa shape index (κ1) is 17.9. The molecule has 0 N–H and O–H groups in total. The SMILES string of the molecule is [2H]c1cc2c(c([2H])c1[2H])C(c1cc(N(c3ccc4c(c3)oc3ccccc34)c3cccc4oc5ccccc5c34)c([2H])c([2H])c1[2H])(c1c([2H])c([2H])c([2H])c([2H])c1[2H])c1c([2H])c([2H])c([2H])c([2H])c1-2. The van der Waals surface area contributed by atoms with Gasteiger partial charge in [0.1, 0.15) is 22.3 Å². The lowest BCUT2D eigenvalue weighted by Crippen LogP contribution is -2.28. The molecule has 0 radical (unpaired) electrons. The number of hydrogen-bond acceptors (Lipinski definition) is 3. The third-order valence-electron chi connectivity index (χ3n) is 9.88. The van der Waals surface area contributed by atoms with Gasteiger partial charge in [0.05, 0.1) is 37.0 Å². The van der Waals surface area contributed by atoms with Gasteiger partial charge in [-0.1, -0.05) is 133 Å². The fourth-order valence-corrected chi connectivity index (χ4v) is 7.75. The Balaban J connectivity index is 1.36. The van der Waals surface area contributed by atoms with Gasteiger partial charge < -0.3 is 13.7 Å². The summed E-state index contributed by atoms with van der Waals surface area (Å²) in [5.41, 5.74) is -2.08. The first-order valence-corrected chi connectivity index (χ1v) is 16.5. The van der Waals surface area contributed by atoms with E-state index in [9.17, 15) is 11.0 Å². The monoisotopic (exact) mass is 680 g/mol. The molecular formula is C49H31NO2. The van der Waals surface area contributed by atoms with Gasteiger partial charge in [0.2, 0.25) is 0 Å². The van der Waals surface area contributed by atoms with Crippen molar-refractivity contribution in [1.29, 1.82) is 0 Å². The largest absolute Gasteiger partial charge is 0.456 e. The lowest BCUT2D eigenvalue weighted by Gasteiger charge is -2.35. The van der Waals surface area contributed by atoms with Crippen LogP contribution in [0.25, 0.3) is 55.0 Å². The lowest BCUT2D eigenvalue weighted by atomic mass is 9.67. The summed E-state index contributed by atoms with van der Waals surface area (Å²) in [4.78, 5) is 1.65. The maximum atomic E-state index is 9.82. The summed E-state index contributed by atoms with van der Waals surface area (Å²) in [7, 11) is 0. The van der Waals surface area contributed by atoms with Gasteiger partial charge in [-0.25, -0.2) is 0 Å². The summed E-state index contributed by atoms with van der Waals surface area (Å²) in [6, 6.07) is 17.1. The zero-order valence-electron chi connectivity index (χ0n) is 42.0. The fourth-order valence-electron chi connectivity index (χ4n) is 7.75. The molecule has 0 spiro atoms. The summed E-state index contributed by atoms with van der Waals surface area (Å²) in [5, 5.41) is 2.90. The normalized spacial score (nSPS) is 19.0. The van der Waals surface area contributed by atoms with E-state index in [4.69, 9.17) is 18.4 Å². The fraction of sp³-hybridized carbons (Fsp3) is 0.0204. The van der Waals surface area contributed by atoms with Crippen LogP contribution < -0.4 is 4.90 Å². The van der Waals surface area contributed by atoms with Crippen LogP contribution in [0.4, 0.5) is 17.1 Å². The minimum Gasteiger partial charge on any atom is -0.456 e. The quantitative estimate of drug-likeness (QED) is 0.181. The van der Waals surface area contributed by atoms with Gasteiger partial charge in [-0.3, -0.25) is 0 Å². The topological polar surface area (TPSA) is 29.5 Å². The van der Waals surface area contributed by atoms with Crippen molar-refractivity contribution in [2.45, 2.75) is 5.41 Å². The molecule has 1 aliphatic carbocycles. The van der Waals surface area contributed by atoms with Gasteiger partial charge in [0.15, 0.2) is 0 Å². The van der Waals surface area contributed by atoms with Crippen LogP contribution in [0.2, 0.25) is 0 Å². The molecule has 0 saturated heterocycles. The Bertz CT molecular complexity index is 3830. The molecule has 3 heteroatoms. The van der Waals surface area contributed by atoms with Gasteiger partial charge in [-0.15, -0.1) is 0 Å². The number of nitrogens with zero attached hydrogens (tertiary/aromatic N) is 1. The van der Waals surface area contributed by atoms with Gasteiger partial charge in [-0.05, 0) is 81.9 Å². The molecule has 2 heterocycles. The zero-order chi connectivity index (χ0) is 47.3. The van der Waals surface area contributed by atoms with Crippen molar-refractivity contribution in [3.63, 3.8) is 0 Å². The van der Waals surface area contributed by atoms with Crippen LogP contribution in [0.5, 0.6) is 0 Å². The smallest absolute Gasteiger partial charge is 0.137 e. The second kappa shape index (κ2) is 11.1. The average Bonchev–Trinajstić information content (AvgIpc) is 3.99. The van der Waals surface area contributed by atoms with Crippen LogP contribution in [0.3, 0.4) is 0 Å². The molecule has 1 aliphatic rings. The number of fused-ring (bicyclic) bond motifs is 9. The summed E-state index contributed by atoms with van der Waals surface area (Å²) in [5.74, 6) is 0. The van der Waals surface area contributed by atoms with E-state index in [0.717, 1.165) is 16.8 Å². The van der Waals surface area contributed by atoms with Gasteiger partial charge in [0, 0.05) is 33.6 Å². The van der Waals surface area contributed by atoms with E-state index in [1.807, 2.05) is 48.5 Å². The van der Waals surface area contributed by atoms with E-state index in [2.05, 4.69) is 0 Å². The number of benzene rings is 8. The number of para-hydroxylation sites is 2. The molecular weight excluding hydrogens is 635 g/mol. The van der Waals surface area contributed by atoms with Gasteiger partial charge in [0.25, 0.3) is 0 Å². The Hall–Kier alpha value is -6.84. The van der Waals surface area contributed by atoms with E-state index in [0.29, 0.717) is 44.5 Å². The minimum absolute atomic E-state index is 0.0958. The van der Waals surface area contributed by atoms with Crippen molar-refractivity contribution < 1.29 is 29.4 Å². The van der Waals surface area contributed by atoms with E-state index >= 15 is 0 Å². The predicted molar refractivity (Wildman–Crippen MR) is 213 cm³/mol. The second-order valence-electron chi connectivity index (χ2n) is 12.5. The van der Waals surface area contributed by atoms with Crippen LogP contribution in [0, 0.1) is 0 Å². The molecule has 11 rings (SSSR count). The molecule has 3 nitrogen and oxygen atoms in total. The highest BCUT2D eigenvalue weighted by molar-refractivity contribution is 6.14. The van der Waals surface area contributed by atoms with Crippen molar-refractivity contribution in [3.8, 4) is 11.1 Å². The highest BCUT2D eigenvalue weighted by Gasteiger charge is 2.46. The van der Waals surface area contributed by atoms with Crippen molar-refractivity contribution in [2.24, 2.45) is 0 Å². The Morgan fingerprint density at radius 2 is 1.12 bits per heavy atom. The molecule has 2 aromatic heterocycles. The third-order valence-corrected chi connectivity index (χ3v) is 9.88. The number of anilines is 3. The Morgan fingerprint density at radius 1 is 0.442 bits per heavy atom. The number of hydrogen-bond donors (Lipinski definition) is 0. The molecule has 0 aliphatic heterocycles. The van der Waals surface area contributed by atoms with Crippen LogP contribution in [0.1, 0.15) is 42.8 Å². The first-order chi connectivity index (χ1) is 32.0. The van der Waals surface area contributed by atoms with E-state index in [-0.39, 0.29) is 22.4 Å². The predicted octanol–water partition coefficient (Wildman–Crippen LogP) is 13.3. The molecule has 0 saturated carbocycles. The van der Waals surface area contributed by atoms with Crippen molar-refractivity contribution in [2.75, 3.05) is 4.90 Å².